The number of carbonyl (C=O) groups excluding carboxylic acids is 3. The average Bonchev–Trinajstić information content (AvgIpc) is 3.30. The van der Waals surface area contributed by atoms with Gasteiger partial charge in [0.05, 0.1) is 6.26 Å². The van der Waals surface area contributed by atoms with Crippen LogP contribution in [0.2, 0.25) is 0 Å². The number of Topliss-reactive ketones (excluding diaryl/α,β-unsaturated/α-hetero) is 1. The zero-order valence-corrected chi connectivity index (χ0v) is 19.4. The van der Waals surface area contributed by atoms with Crippen molar-refractivity contribution >= 4 is 29.1 Å². The van der Waals surface area contributed by atoms with Crippen molar-refractivity contribution in [3.63, 3.8) is 0 Å². The number of benzene rings is 1. The third-order valence-corrected chi connectivity index (χ3v) is 5.78. The topological polar surface area (TPSA) is 76.8 Å². The molecule has 2 heterocycles. The number of rotatable bonds is 5. The van der Waals surface area contributed by atoms with E-state index in [0.717, 1.165) is 23.7 Å². The van der Waals surface area contributed by atoms with Gasteiger partial charge in [-0.05, 0) is 63.3 Å². The Morgan fingerprint density at radius 2 is 1.94 bits per heavy atom. The van der Waals surface area contributed by atoms with Gasteiger partial charge < -0.3 is 14.1 Å². The third-order valence-electron chi connectivity index (χ3n) is 5.78. The van der Waals surface area contributed by atoms with Crippen LogP contribution in [-0.4, -0.2) is 41.8 Å². The molecule has 3 rings (SSSR count). The second-order valence-electron chi connectivity index (χ2n) is 10.5. The van der Waals surface area contributed by atoms with Crippen LogP contribution in [0.15, 0.2) is 28.9 Å². The van der Waals surface area contributed by atoms with E-state index in [1.807, 2.05) is 41.5 Å². The van der Waals surface area contributed by atoms with Gasteiger partial charge in [0.2, 0.25) is 0 Å². The maximum atomic E-state index is 13.4. The van der Waals surface area contributed by atoms with Crippen molar-refractivity contribution in [1.82, 2.24) is 4.90 Å². The van der Waals surface area contributed by atoms with Gasteiger partial charge in [0.1, 0.15) is 23.3 Å². The number of hydrogen-bond donors (Lipinski definition) is 0. The Balaban J connectivity index is 1.86. The molecule has 1 amide bonds. The Labute approximate surface area is 183 Å². The highest BCUT2D eigenvalue weighted by Gasteiger charge is 2.40. The van der Waals surface area contributed by atoms with Gasteiger partial charge in [-0.15, -0.1) is 0 Å². The van der Waals surface area contributed by atoms with Crippen LogP contribution in [0.3, 0.4) is 0 Å². The quantitative estimate of drug-likeness (QED) is 0.607. The zero-order valence-electron chi connectivity index (χ0n) is 19.4. The van der Waals surface area contributed by atoms with E-state index in [0.29, 0.717) is 30.7 Å². The fraction of sp³-hybridized carbons (Fsp3) is 0.560. The Morgan fingerprint density at radius 1 is 1.23 bits per heavy atom. The molecule has 1 saturated heterocycles. The van der Waals surface area contributed by atoms with Crippen LogP contribution < -0.4 is 0 Å². The standard InChI is InChI=1S/C25H33NO5/c1-24(2,3)22(28)20(17-9-10-26(13-17)23(29)31-25(4,5)6)12-18-15-30-21-8-7-16(14-27)11-19(18)21/h7-8,11,14-15,17,20H,9-10,12-13H2,1-6H3/t17-,20-/m0/s1. The molecule has 1 aliphatic rings. The Bertz CT molecular complexity index is 976. The van der Waals surface area contributed by atoms with E-state index in [1.54, 1.807) is 29.4 Å². The van der Waals surface area contributed by atoms with Crippen LogP contribution in [0.1, 0.15) is 63.9 Å². The predicted octanol–water partition coefficient (Wildman–Crippen LogP) is 5.28. The number of fused-ring (bicyclic) bond motifs is 1. The van der Waals surface area contributed by atoms with Crippen molar-refractivity contribution < 1.29 is 23.5 Å². The fourth-order valence-electron chi connectivity index (χ4n) is 4.21. The highest BCUT2D eigenvalue weighted by molar-refractivity contribution is 5.90. The fourth-order valence-corrected chi connectivity index (χ4v) is 4.21. The number of carbonyl (C=O) groups is 3. The minimum Gasteiger partial charge on any atom is -0.464 e. The van der Waals surface area contributed by atoms with Crippen molar-refractivity contribution in [3.05, 3.63) is 35.6 Å². The van der Waals surface area contributed by atoms with E-state index in [2.05, 4.69) is 0 Å². The van der Waals surface area contributed by atoms with Gasteiger partial charge in [0.15, 0.2) is 0 Å². The largest absolute Gasteiger partial charge is 0.464 e. The minimum absolute atomic E-state index is 0.0402. The maximum Gasteiger partial charge on any atom is 0.410 e. The summed E-state index contributed by atoms with van der Waals surface area (Å²) < 4.78 is 11.2. The molecule has 0 unspecified atom stereocenters. The molecule has 1 aliphatic heterocycles. The molecular weight excluding hydrogens is 394 g/mol. The second-order valence-corrected chi connectivity index (χ2v) is 10.5. The minimum atomic E-state index is -0.554. The van der Waals surface area contributed by atoms with Gasteiger partial charge in [-0.2, -0.15) is 0 Å². The molecule has 0 spiro atoms. The summed E-state index contributed by atoms with van der Waals surface area (Å²) in [5.41, 5.74) is 1.13. The number of ketones is 1. The molecule has 1 aromatic carbocycles. The Hall–Kier alpha value is -2.63. The van der Waals surface area contributed by atoms with E-state index in [-0.39, 0.29) is 23.7 Å². The molecule has 1 fully saturated rings. The van der Waals surface area contributed by atoms with E-state index in [1.165, 1.54) is 0 Å². The first kappa shape index (κ1) is 23.0. The predicted molar refractivity (Wildman–Crippen MR) is 119 cm³/mol. The molecule has 2 atom stereocenters. The smallest absolute Gasteiger partial charge is 0.410 e. The van der Waals surface area contributed by atoms with Gasteiger partial charge in [-0.3, -0.25) is 9.59 Å². The lowest BCUT2D eigenvalue weighted by molar-refractivity contribution is -0.132. The van der Waals surface area contributed by atoms with Crippen LogP contribution in [0.4, 0.5) is 4.79 Å². The summed E-state index contributed by atoms with van der Waals surface area (Å²) in [6.07, 6.45) is 3.42. The van der Waals surface area contributed by atoms with E-state index >= 15 is 0 Å². The Morgan fingerprint density at radius 3 is 2.55 bits per heavy atom. The molecule has 6 heteroatoms. The van der Waals surface area contributed by atoms with Crippen LogP contribution in [0.25, 0.3) is 11.0 Å². The molecule has 6 nitrogen and oxygen atoms in total. The van der Waals surface area contributed by atoms with Crippen molar-refractivity contribution in [3.8, 4) is 0 Å². The lowest BCUT2D eigenvalue weighted by atomic mass is 9.74. The molecule has 0 aliphatic carbocycles. The summed E-state index contributed by atoms with van der Waals surface area (Å²) in [4.78, 5) is 38.9. The monoisotopic (exact) mass is 427 g/mol. The summed E-state index contributed by atoms with van der Waals surface area (Å²) in [5, 5.41) is 0.860. The number of likely N-dealkylation sites (tertiary alicyclic amines) is 1. The molecule has 31 heavy (non-hydrogen) atoms. The van der Waals surface area contributed by atoms with E-state index < -0.39 is 11.0 Å². The Kier molecular flexibility index (Phi) is 6.30. The van der Waals surface area contributed by atoms with Crippen molar-refractivity contribution in [2.45, 2.75) is 60.0 Å². The van der Waals surface area contributed by atoms with Crippen LogP contribution >= 0.6 is 0 Å². The molecule has 0 bridgehead atoms. The van der Waals surface area contributed by atoms with Crippen LogP contribution in [0, 0.1) is 17.3 Å². The zero-order chi connectivity index (χ0) is 23.0. The number of amides is 1. The average molecular weight is 428 g/mol. The first-order valence-electron chi connectivity index (χ1n) is 10.9. The van der Waals surface area contributed by atoms with Gasteiger partial charge in [-0.1, -0.05) is 20.8 Å². The van der Waals surface area contributed by atoms with E-state index in [4.69, 9.17) is 9.15 Å². The van der Waals surface area contributed by atoms with Gasteiger partial charge in [-0.25, -0.2) is 4.79 Å². The lowest BCUT2D eigenvalue weighted by Crippen LogP contribution is -2.38. The van der Waals surface area contributed by atoms with Gasteiger partial charge in [0, 0.05) is 35.4 Å². The first-order chi connectivity index (χ1) is 14.4. The molecule has 0 saturated carbocycles. The molecular formula is C25H33NO5. The molecule has 0 N–H and O–H groups in total. The summed E-state index contributed by atoms with van der Waals surface area (Å²) in [7, 11) is 0. The highest BCUT2D eigenvalue weighted by atomic mass is 16.6. The van der Waals surface area contributed by atoms with E-state index in [9.17, 15) is 14.4 Å². The number of hydrogen-bond acceptors (Lipinski definition) is 5. The first-order valence-corrected chi connectivity index (χ1v) is 10.9. The molecule has 0 radical (unpaired) electrons. The molecule has 2 aromatic rings. The van der Waals surface area contributed by atoms with Gasteiger partial charge in [0.25, 0.3) is 0 Å². The van der Waals surface area contributed by atoms with Crippen molar-refractivity contribution in [1.29, 1.82) is 0 Å². The summed E-state index contributed by atoms with van der Waals surface area (Å²) >= 11 is 0. The summed E-state index contributed by atoms with van der Waals surface area (Å²) in [5.74, 6) is -0.0454. The summed E-state index contributed by atoms with van der Waals surface area (Å²) in [6, 6.07) is 5.31. The van der Waals surface area contributed by atoms with Crippen molar-refractivity contribution in [2.24, 2.45) is 17.3 Å². The van der Waals surface area contributed by atoms with Crippen molar-refractivity contribution in [2.75, 3.05) is 13.1 Å². The molecule has 168 valence electrons. The number of nitrogens with zero attached hydrogens (tertiary/aromatic N) is 1. The van der Waals surface area contributed by atoms with Crippen LogP contribution in [-0.2, 0) is 16.0 Å². The normalized spacial score (nSPS) is 18.3. The number of aldehydes is 1. The third kappa shape index (κ3) is 5.35. The molecule has 1 aromatic heterocycles. The van der Waals surface area contributed by atoms with Gasteiger partial charge >= 0.3 is 6.09 Å². The number of furan rings is 1. The SMILES string of the molecule is CC(C)(C)OC(=O)N1CC[C@H]([C@H](Cc2coc3ccc(C=O)cc23)C(=O)C(C)(C)C)C1. The highest BCUT2D eigenvalue weighted by Crippen LogP contribution is 2.35. The second kappa shape index (κ2) is 8.48. The number of ether oxygens (including phenoxy) is 1. The summed E-state index contributed by atoms with van der Waals surface area (Å²) in [6.45, 7) is 12.4. The maximum absolute atomic E-state index is 13.4. The lowest BCUT2D eigenvalue weighted by Gasteiger charge is -2.29. The van der Waals surface area contributed by atoms with Crippen LogP contribution in [0.5, 0.6) is 0 Å².